The molecule has 2 aliphatic rings. The molecule has 0 N–H and O–H groups in total. The van der Waals surface area contributed by atoms with E-state index in [9.17, 15) is 4.79 Å². The molecule has 0 spiro atoms. The van der Waals surface area contributed by atoms with Gasteiger partial charge in [0.25, 0.3) is 0 Å². The molecule has 3 heteroatoms. The summed E-state index contributed by atoms with van der Waals surface area (Å²) in [6.07, 6.45) is 8.74. The van der Waals surface area contributed by atoms with Gasteiger partial charge in [0.2, 0.25) is 0 Å². The molecule has 0 fully saturated rings. The summed E-state index contributed by atoms with van der Waals surface area (Å²) < 4.78 is 0. The van der Waals surface area contributed by atoms with E-state index in [4.69, 9.17) is 0 Å². The first-order valence-electron chi connectivity index (χ1n) is 6.46. The summed E-state index contributed by atoms with van der Waals surface area (Å²) in [5.74, 6) is 0.0265. The van der Waals surface area contributed by atoms with Crippen LogP contribution in [0.5, 0.6) is 0 Å². The average molecular weight is 449 g/mol. The molecule has 0 atom stereocenters. The third-order valence-electron chi connectivity index (χ3n) is 3.58. The van der Waals surface area contributed by atoms with Crippen molar-refractivity contribution < 1.29 is 24.9 Å². The van der Waals surface area contributed by atoms with Crippen molar-refractivity contribution in [1.29, 1.82) is 0 Å². The Morgan fingerprint density at radius 1 is 0.952 bits per heavy atom. The minimum Gasteiger partial charge on any atom is -0.304 e. The number of hydrogen-bond acceptors (Lipinski definition) is 2. The first kappa shape index (κ1) is 13.9. The average Bonchev–Trinajstić information content (AvgIpc) is 2.83. The Morgan fingerprint density at radius 2 is 1.71 bits per heavy atom. The van der Waals surface area contributed by atoms with Crippen LogP contribution < -0.4 is 0 Å². The molecule has 0 aliphatic heterocycles. The Balaban J connectivity index is 0.00000132. The predicted molar refractivity (Wildman–Crippen MR) is 77.8 cm³/mol. The molecule has 0 amide bonds. The molecule has 103 valence electrons. The molecule has 4 rings (SSSR count). The van der Waals surface area contributed by atoms with Crippen molar-refractivity contribution in [3.63, 3.8) is 0 Å². The van der Waals surface area contributed by atoms with Gasteiger partial charge in [0, 0.05) is 26.3 Å². The zero-order chi connectivity index (χ0) is 13.5. The SMILES string of the molecule is O=C1C=CC(=C2c3ccc[c-]c3-c3ncccc32)C=C1.[Ir]. The number of aromatic nitrogens is 1. The van der Waals surface area contributed by atoms with E-state index < -0.39 is 0 Å². The van der Waals surface area contributed by atoms with Crippen LogP contribution in [0.25, 0.3) is 16.8 Å². The van der Waals surface area contributed by atoms with Gasteiger partial charge in [-0.2, -0.15) is 0 Å². The van der Waals surface area contributed by atoms with E-state index in [2.05, 4.69) is 23.2 Å². The van der Waals surface area contributed by atoms with E-state index in [1.807, 2.05) is 30.4 Å². The van der Waals surface area contributed by atoms with Crippen LogP contribution in [0.2, 0.25) is 0 Å². The number of nitrogens with zero attached hydrogens (tertiary/aromatic N) is 1. The van der Waals surface area contributed by atoms with Gasteiger partial charge in [0.05, 0.1) is 0 Å². The Labute approximate surface area is 136 Å². The summed E-state index contributed by atoms with van der Waals surface area (Å²) in [5.41, 5.74) is 6.38. The summed E-state index contributed by atoms with van der Waals surface area (Å²) in [5, 5.41) is 0. The van der Waals surface area contributed by atoms with Crippen molar-refractivity contribution in [2.75, 3.05) is 0 Å². The van der Waals surface area contributed by atoms with E-state index in [1.54, 1.807) is 18.3 Å². The Morgan fingerprint density at radius 3 is 2.52 bits per heavy atom. The van der Waals surface area contributed by atoms with Crippen molar-refractivity contribution in [3.05, 3.63) is 83.6 Å². The van der Waals surface area contributed by atoms with Crippen LogP contribution in [0.15, 0.2) is 66.4 Å². The van der Waals surface area contributed by atoms with Crippen LogP contribution in [0.4, 0.5) is 0 Å². The van der Waals surface area contributed by atoms with Gasteiger partial charge in [0.1, 0.15) is 0 Å². The number of hydrogen-bond donors (Lipinski definition) is 0. The Kier molecular flexibility index (Phi) is 3.54. The number of carbonyl (C=O) groups is 1. The van der Waals surface area contributed by atoms with E-state index >= 15 is 0 Å². The minimum atomic E-state index is 0. The topological polar surface area (TPSA) is 30.0 Å². The first-order chi connectivity index (χ1) is 9.84. The maximum atomic E-state index is 11.3. The van der Waals surface area contributed by atoms with Crippen molar-refractivity contribution in [3.8, 4) is 11.3 Å². The van der Waals surface area contributed by atoms with Crippen LogP contribution in [-0.4, -0.2) is 10.8 Å². The quantitative estimate of drug-likeness (QED) is 0.494. The molecule has 2 nitrogen and oxygen atoms in total. The summed E-state index contributed by atoms with van der Waals surface area (Å²) in [6, 6.07) is 13.2. The molecule has 1 heterocycles. The number of allylic oxidation sites excluding steroid dienone is 5. The molecule has 1 aromatic heterocycles. The first-order valence-corrected chi connectivity index (χ1v) is 6.46. The van der Waals surface area contributed by atoms with Gasteiger partial charge in [-0.3, -0.25) is 4.79 Å². The van der Waals surface area contributed by atoms with E-state index in [0.29, 0.717) is 0 Å². The molecule has 21 heavy (non-hydrogen) atoms. The van der Waals surface area contributed by atoms with Crippen molar-refractivity contribution in [2.24, 2.45) is 0 Å². The monoisotopic (exact) mass is 449 g/mol. The van der Waals surface area contributed by atoms with Gasteiger partial charge in [-0.1, -0.05) is 29.4 Å². The molecule has 1 aromatic carbocycles. The van der Waals surface area contributed by atoms with Gasteiger partial charge >= 0.3 is 0 Å². The molecular formula is C18H10IrNO-. The number of benzene rings is 1. The van der Waals surface area contributed by atoms with Crippen LogP contribution in [0.3, 0.4) is 0 Å². The zero-order valence-corrected chi connectivity index (χ0v) is 13.4. The van der Waals surface area contributed by atoms with Crippen molar-refractivity contribution >= 4 is 11.4 Å². The minimum absolute atomic E-state index is 0. The summed E-state index contributed by atoms with van der Waals surface area (Å²) in [4.78, 5) is 15.8. The zero-order valence-electron chi connectivity index (χ0n) is 11.0. The Bertz CT molecular complexity index is 765. The van der Waals surface area contributed by atoms with Gasteiger partial charge in [-0.25, -0.2) is 0 Å². The fourth-order valence-electron chi connectivity index (χ4n) is 2.73. The third-order valence-corrected chi connectivity index (χ3v) is 3.58. The fourth-order valence-corrected chi connectivity index (χ4v) is 2.73. The molecule has 0 unspecified atom stereocenters. The molecule has 2 aliphatic carbocycles. The van der Waals surface area contributed by atoms with Gasteiger partial charge in [0.15, 0.2) is 5.78 Å². The van der Waals surface area contributed by atoms with Crippen LogP contribution in [0, 0.1) is 6.07 Å². The number of carbonyl (C=O) groups excluding carboxylic acids is 1. The summed E-state index contributed by atoms with van der Waals surface area (Å²) in [6.45, 7) is 0. The van der Waals surface area contributed by atoms with Crippen LogP contribution in [-0.2, 0) is 24.9 Å². The number of fused-ring (bicyclic) bond motifs is 3. The Hall–Kier alpha value is -2.09. The number of rotatable bonds is 0. The second kappa shape index (κ2) is 5.36. The van der Waals surface area contributed by atoms with E-state index in [-0.39, 0.29) is 25.9 Å². The van der Waals surface area contributed by atoms with E-state index in [1.165, 1.54) is 0 Å². The standard InChI is InChI=1S/C18H10NO.Ir/c20-13-9-7-12(8-10-13)17-14-4-1-2-5-15(14)18-16(17)6-3-11-19-18;/h1-4,6-11H;/q-1;. The molecule has 1 radical (unpaired) electrons. The smallest absolute Gasteiger partial charge is 0.178 e. The predicted octanol–water partition coefficient (Wildman–Crippen LogP) is 3.36. The van der Waals surface area contributed by atoms with Crippen LogP contribution in [0.1, 0.15) is 11.1 Å². The van der Waals surface area contributed by atoms with Crippen molar-refractivity contribution in [1.82, 2.24) is 4.98 Å². The molecule has 0 saturated carbocycles. The number of ketones is 1. The van der Waals surface area contributed by atoms with Gasteiger partial charge < -0.3 is 4.98 Å². The molecule has 2 aromatic rings. The summed E-state index contributed by atoms with van der Waals surface area (Å²) in [7, 11) is 0. The maximum absolute atomic E-state index is 11.3. The van der Waals surface area contributed by atoms with Crippen molar-refractivity contribution in [2.45, 2.75) is 0 Å². The van der Waals surface area contributed by atoms with Crippen LogP contribution >= 0.6 is 0 Å². The second-order valence-electron chi connectivity index (χ2n) is 4.76. The largest absolute Gasteiger partial charge is 0.304 e. The summed E-state index contributed by atoms with van der Waals surface area (Å²) >= 11 is 0. The normalized spacial score (nSPS) is 14.8. The van der Waals surface area contributed by atoms with E-state index in [0.717, 1.165) is 33.5 Å². The maximum Gasteiger partial charge on any atom is 0.178 e. The van der Waals surface area contributed by atoms with Gasteiger partial charge in [-0.15, -0.1) is 29.8 Å². The van der Waals surface area contributed by atoms with Gasteiger partial charge in [-0.05, 0) is 35.0 Å². The molecule has 0 saturated heterocycles. The fraction of sp³-hybridized carbons (Fsp3) is 0. The number of pyridine rings is 1. The molecular weight excluding hydrogens is 438 g/mol. The third kappa shape index (κ3) is 2.15. The second-order valence-corrected chi connectivity index (χ2v) is 4.76. The molecule has 0 bridgehead atoms.